The summed E-state index contributed by atoms with van der Waals surface area (Å²) in [5.41, 5.74) is 2.65. The third kappa shape index (κ3) is 4.58. The summed E-state index contributed by atoms with van der Waals surface area (Å²) >= 11 is 3.20. The van der Waals surface area contributed by atoms with Crippen LogP contribution < -0.4 is 5.32 Å². The predicted molar refractivity (Wildman–Crippen MR) is 86.4 cm³/mol. The van der Waals surface area contributed by atoms with Crippen molar-refractivity contribution in [2.75, 3.05) is 6.54 Å². The van der Waals surface area contributed by atoms with Gasteiger partial charge in [0, 0.05) is 17.8 Å². The zero-order valence-electron chi connectivity index (χ0n) is 12.5. The largest absolute Gasteiger partial charge is 0.311 e. The van der Waals surface area contributed by atoms with Crippen molar-refractivity contribution in [2.45, 2.75) is 27.3 Å². The summed E-state index contributed by atoms with van der Waals surface area (Å²) in [5, 5.41) is 3.37. The fraction of sp³-hybridized carbons (Fsp3) is 0.375. The molecule has 0 aliphatic heterocycles. The first-order valence-corrected chi connectivity index (χ1v) is 7.75. The van der Waals surface area contributed by atoms with E-state index in [1.807, 2.05) is 13.0 Å². The Balaban J connectivity index is 2.23. The summed E-state index contributed by atoms with van der Waals surface area (Å²) in [6.45, 7) is 7.92. The fourth-order valence-electron chi connectivity index (χ4n) is 1.98. The molecule has 5 heteroatoms. The van der Waals surface area contributed by atoms with E-state index in [1.165, 1.54) is 6.07 Å². The Bertz CT molecular complexity index is 629. The fourth-order valence-corrected chi connectivity index (χ4v) is 2.36. The first-order chi connectivity index (χ1) is 9.95. The maximum atomic E-state index is 13.3. The molecule has 0 aliphatic rings. The van der Waals surface area contributed by atoms with Crippen LogP contribution in [0.5, 0.6) is 0 Å². The van der Waals surface area contributed by atoms with Gasteiger partial charge in [0.2, 0.25) is 0 Å². The third-order valence-corrected chi connectivity index (χ3v) is 3.55. The molecule has 0 radical (unpaired) electrons. The summed E-state index contributed by atoms with van der Waals surface area (Å²) in [7, 11) is 0. The summed E-state index contributed by atoms with van der Waals surface area (Å²) in [4.78, 5) is 8.99. The number of nitrogens with zero attached hydrogens (tertiary/aromatic N) is 2. The van der Waals surface area contributed by atoms with Gasteiger partial charge in [-0.05, 0) is 59.6 Å². The zero-order valence-corrected chi connectivity index (χ0v) is 14.0. The highest BCUT2D eigenvalue weighted by atomic mass is 79.9. The van der Waals surface area contributed by atoms with E-state index in [4.69, 9.17) is 0 Å². The first kappa shape index (κ1) is 16.0. The average Bonchev–Trinajstić information content (AvgIpc) is 2.41. The second kappa shape index (κ2) is 7.09. The summed E-state index contributed by atoms with van der Waals surface area (Å²) < 4.78 is 13.7. The Morgan fingerprint density at radius 3 is 2.67 bits per heavy atom. The van der Waals surface area contributed by atoms with E-state index in [-0.39, 0.29) is 5.82 Å². The van der Waals surface area contributed by atoms with Gasteiger partial charge in [-0.3, -0.25) is 0 Å². The van der Waals surface area contributed by atoms with Gasteiger partial charge in [-0.15, -0.1) is 0 Å². The second-order valence-electron chi connectivity index (χ2n) is 5.48. The molecule has 0 fully saturated rings. The number of aromatic nitrogens is 2. The normalized spacial score (nSPS) is 11.1. The van der Waals surface area contributed by atoms with E-state index in [0.29, 0.717) is 22.8 Å². The molecule has 1 heterocycles. The molecule has 0 aliphatic carbocycles. The van der Waals surface area contributed by atoms with Crippen LogP contribution in [0.4, 0.5) is 4.39 Å². The van der Waals surface area contributed by atoms with E-state index in [1.54, 1.807) is 12.1 Å². The highest BCUT2D eigenvalue weighted by molar-refractivity contribution is 9.10. The number of rotatable bonds is 5. The van der Waals surface area contributed by atoms with Gasteiger partial charge >= 0.3 is 0 Å². The lowest BCUT2D eigenvalue weighted by molar-refractivity contribution is 0.548. The number of halogens is 2. The van der Waals surface area contributed by atoms with Gasteiger partial charge < -0.3 is 5.32 Å². The van der Waals surface area contributed by atoms with Crippen LogP contribution in [-0.4, -0.2) is 16.5 Å². The lowest BCUT2D eigenvalue weighted by Gasteiger charge is -2.09. The van der Waals surface area contributed by atoms with Crippen LogP contribution in [0.1, 0.15) is 25.2 Å². The molecule has 0 unspecified atom stereocenters. The molecule has 112 valence electrons. The maximum absolute atomic E-state index is 13.3. The van der Waals surface area contributed by atoms with Gasteiger partial charge in [-0.25, -0.2) is 14.4 Å². The standard InChI is InChI=1S/C16H19BrFN3/c1-10(2)8-19-9-13-6-11(3)20-16(21-13)12-4-5-15(18)14(17)7-12/h4-7,10,19H,8-9H2,1-3H3. The molecule has 1 N–H and O–H groups in total. The summed E-state index contributed by atoms with van der Waals surface area (Å²) in [5.74, 6) is 0.933. The molecule has 1 aromatic carbocycles. The molecule has 21 heavy (non-hydrogen) atoms. The Labute approximate surface area is 133 Å². The van der Waals surface area contributed by atoms with Gasteiger partial charge in [-0.2, -0.15) is 0 Å². The lowest BCUT2D eigenvalue weighted by atomic mass is 10.2. The number of benzene rings is 1. The van der Waals surface area contributed by atoms with Crippen LogP contribution in [-0.2, 0) is 6.54 Å². The molecule has 1 aromatic heterocycles. The second-order valence-corrected chi connectivity index (χ2v) is 6.33. The van der Waals surface area contributed by atoms with Crippen molar-refractivity contribution < 1.29 is 4.39 Å². The van der Waals surface area contributed by atoms with Crippen LogP contribution in [0.25, 0.3) is 11.4 Å². The number of aryl methyl sites for hydroxylation is 1. The van der Waals surface area contributed by atoms with Gasteiger partial charge in [-0.1, -0.05) is 13.8 Å². The van der Waals surface area contributed by atoms with E-state index in [2.05, 4.69) is 45.1 Å². The topological polar surface area (TPSA) is 37.8 Å². The predicted octanol–water partition coefficient (Wildman–Crippen LogP) is 4.10. The summed E-state index contributed by atoms with van der Waals surface area (Å²) in [6, 6.07) is 6.78. The van der Waals surface area contributed by atoms with Gasteiger partial charge in [0.1, 0.15) is 5.82 Å². The van der Waals surface area contributed by atoms with Crippen molar-refractivity contribution in [3.8, 4) is 11.4 Å². The molecule has 0 atom stereocenters. The van der Waals surface area contributed by atoms with Crippen molar-refractivity contribution >= 4 is 15.9 Å². The highest BCUT2D eigenvalue weighted by Gasteiger charge is 2.08. The van der Waals surface area contributed by atoms with Crippen molar-refractivity contribution in [2.24, 2.45) is 5.92 Å². The molecule has 2 aromatic rings. The van der Waals surface area contributed by atoms with Crippen molar-refractivity contribution in [3.05, 3.63) is 45.9 Å². The van der Waals surface area contributed by atoms with Crippen LogP contribution >= 0.6 is 15.9 Å². The van der Waals surface area contributed by atoms with Crippen molar-refractivity contribution in [3.63, 3.8) is 0 Å². The van der Waals surface area contributed by atoms with Gasteiger partial charge in [0.25, 0.3) is 0 Å². The third-order valence-electron chi connectivity index (χ3n) is 2.94. The minimum atomic E-state index is -0.287. The maximum Gasteiger partial charge on any atom is 0.159 e. The monoisotopic (exact) mass is 351 g/mol. The van der Waals surface area contributed by atoms with E-state index >= 15 is 0 Å². The Kier molecular flexibility index (Phi) is 5.42. The van der Waals surface area contributed by atoms with E-state index in [9.17, 15) is 4.39 Å². The zero-order chi connectivity index (χ0) is 15.4. The molecule has 3 nitrogen and oxygen atoms in total. The van der Waals surface area contributed by atoms with E-state index in [0.717, 1.165) is 23.5 Å². The molecule has 0 spiro atoms. The van der Waals surface area contributed by atoms with Crippen LogP contribution in [0.15, 0.2) is 28.7 Å². The molecule has 0 amide bonds. The molecule has 0 saturated carbocycles. The molecular weight excluding hydrogens is 333 g/mol. The molecule has 0 saturated heterocycles. The smallest absolute Gasteiger partial charge is 0.159 e. The van der Waals surface area contributed by atoms with Gasteiger partial charge in [0.15, 0.2) is 5.82 Å². The van der Waals surface area contributed by atoms with Crippen LogP contribution in [0, 0.1) is 18.7 Å². The lowest BCUT2D eigenvalue weighted by Crippen LogP contribution is -2.20. The SMILES string of the molecule is Cc1cc(CNCC(C)C)nc(-c2ccc(F)c(Br)c2)n1. The Morgan fingerprint density at radius 2 is 2.00 bits per heavy atom. The van der Waals surface area contributed by atoms with Crippen molar-refractivity contribution in [1.29, 1.82) is 0 Å². The van der Waals surface area contributed by atoms with E-state index < -0.39 is 0 Å². The molecule has 2 rings (SSSR count). The Morgan fingerprint density at radius 1 is 1.24 bits per heavy atom. The minimum absolute atomic E-state index is 0.287. The first-order valence-electron chi connectivity index (χ1n) is 6.96. The highest BCUT2D eigenvalue weighted by Crippen LogP contribution is 2.23. The number of hydrogen-bond donors (Lipinski definition) is 1. The van der Waals surface area contributed by atoms with Crippen LogP contribution in [0.2, 0.25) is 0 Å². The quantitative estimate of drug-likeness (QED) is 0.881. The summed E-state index contributed by atoms with van der Waals surface area (Å²) in [6.07, 6.45) is 0. The van der Waals surface area contributed by atoms with Crippen molar-refractivity contribution in [1.82, 2.24) is 15.3 Å². The molecular formula is C16H19BrFN3. The minimum Gasteiger partial charge on any atom is -0.311 e. The number of hydrogen-bond acceptors (Lipinski definition) is 3. The Hall–Kier alpha value is -1.33. The number of nitrogens with one attached hydrogen (secondary N) is 1. The van der Waals surface area contributed by atoms with Gasteiger partial charge in [0.05, 0.1) is 10.2 Å². The molecule has 0 bridgehead atoms. The average molecular weight is 352 g/mol. The van der Waals surface area contributed by atoms with Crippen LogP contribution in [0.3, 0.4) is 0 Å².